The van der Waals surface area contributed by atoms with E-state index in [4.69, 9.17) is 8.85 Å². The maximum absolute atomic E-state index is 5.55. The Bertz CT molecular complexity index is 201. The summed E-state index contributed by atoms with van der Waals surface area (Å²) < 4.78 is 11.1. The van der Waals surface area contributed by atoms with Gasteiger partial charge in [-0.1, -0.05) is 27.7 Å². The second-order valence-electron chi connectivity index (χ2n) is 5.19. The third kappa shape index (κ3) is 1.55. The van der Waals surface area contributed by atoms with Crippen LogP contribution in [0.3, 0.4) is 0 Å². The van der Waals surface area contributed by atoms with Crippen LogP contribution in [0.25, 0.3) is 0 Å². The van der Waals surface area contributed by atoms with Crippen LogP contribution in [-0.4, -0.2) is 23.5 Å². The van der Waals surface area contributed by atoms with Gasteiger partial charge in [0.05, 0.1) is 0 Å². The summed E-state index contributed by atoms with van der Waals surface area (Å²) in [5.41, 5.74) is 0.327. The zero-order valence-electron chi connectivity index (χ0n) is 10.3. The molecule has 2 nitrogen and oxygen atoms in total. The molecule has 0 spiro atoms. The van der Waals surface area contributed by atoms with Gasteiger partial charge in [-0.2, -0.15) is 0 Å². The second kappa shape index (κ2) is 3.95. The van der Waals surface area contributed by atoms with Gasteiger partial charge in [-0.05, 0) is 24.2 Å². The van der Waals surface area contributed by atoms with Crippen molar-refractivity contribution in [1.29, 1.82) is 0 Å². The van der Waals surface area contributed by atoms with E-state index in [0.717, 1.165) is 5.92 Å². The van der Waals surface area contributed by atoms with Gasteiger partial charge in [0.25, 0.3) is 0 Å². The van der Waals surface area contributed by atoms with E-state index in [2.05, 4.69) is 27.7 Å². The summed E-state index contributed by atoms with van der Waals surface area (Å²) >= 11 is 0. The van der Waals surface area contributed by atoms with E-state index in [0.29, 0.717) is 5.41 Å². The molecule has 0 aromatic heterocycles. The first kappa shape index (κ1) is 12.2. The maximum Gasteiger partial charge on any atom is 0.391 e. The molecule has 83 valence electrons. The summed E-state index contributed by atoms with van der Waals surface area (Å²) in [7, 11) is 2.42. The van der Waals surface area contributed by atoms with Gasteiger partial charge < -0.3 is 8.85 Å². The number of hydrogen-bond donors (Lipinski definition) is 0. The van der Waals surface area contributed by atoms with Crippen molar-refractivity contribution < 1.29 is 8.85 Å². The van der Waals surface area contributed by atoms with Crippen molar-refractivity contribution in [1.82, 2.24) is 0 Å². The fourth-order valence-electron chi connectivity index (χ4n) is 2.63. The van der Waals surface area contributed by atoms with Crippen LogP contribution >= 0.6 is 0 Å². The highest BCUT2D eigenvalue weighted by Crippen LogP contribution is 2.62. The summed E-state index contributed by atoms with van der Waals surface area (Å²) in [4.78, 5) is 0. The molecule has 14 heavy (non-hydrogen) atoms. The van der Waals surface area contributed by atoms with E-state index in [1.54, 1.807) is 14.2 Å². The van der Waals surface area contributed by atoms with Crippen molar-refractivity contribution in [2.24, 2.45) is 11.3 Å². The van der Waals surface area contributed by atoms with Gasteiger partial charge in [-0.15, -0.1) is 0 Å². The van der Waals surface area contributed by atoms with Crippen molar-refractivity contribution in [2.45, 2.75) is 45.6 Å². The molecular weight excluding hydrogens is 192 g/mol. The van der Waals surface area contributed by atoms with E-state index in [1.165, 1.54) is 12.8 Å². The first-order valence-corrected chi connectivity index (χ1v) is 6.67. The summed E-state index contributed by atoms with van der Waals surface area (Å²) in [6, 6.07) is 0. The highest BCUT2D eigenvalue weighted by Gasteiger charge is 2.56. The minimum absolute atomic E-state index is 0.237. The summed E-state index contributed by atoms with van der Waals surface area (Å²) in [6.07, 6.45) is 2.53. The second-order valence-corrected chi connectivity index (χ2v) is 7.68. The van der Waals surface area contributed by atoms with Crippen LogP contribution in [-0.2, 0) is 8.85 Å². The molecule has 0 saturated heterocycles. The zero-order valence-corrected chi connectivity index (χ0v) is 11.3. The molecule has 2 atom stereocenters. The minimum Gasteiger partial charge on any atom is -0.396 e. The lowest BCUT2D eigenvalue weighted by Gasteiger charge is -2.42. The lowest BCUT2D eigenvalue weighted by molar-refractivity contribution is 0.157. The van der Waals surface area contributed by atoms with Gasteiger partial charge in [-0.3, -0.25) is 0 Å². The van der Waals surface area contributed by atoms with E-state index in [9.17, 15) is 0 Å². The van der Waals surface area contributed by atoms with Crippen molar-refractivity contribution in [2.75, 3.05) is 14.2 Å². The first-order valence-electron chi connectivity index (χ1n) is 5.35. The normalized spacial score (nSPS) is 36.6. The molecule has 0 aromatic carbocycles. The smallest absolute Gasteiger partial charge is 0.391 e. The molecule has 3 heteroatoms. The average Bonchev–Trinajstić information content (AvgIpc) is 2.33. The monoisotopic (exact) mass is 215 g/mol. The quantitative estimate of drug-likeness (QED) is 0.674. The standard InChI is InChI=1S/C11H23O2Si/c1-9-7-8-11(4,10(9,2)3)14(12-5)13-6/h9H,7-8H2,1-6H3. The summed E-state index contributed by atoms with van der Waals surface area (Å²) in [5.74, 6) is 0.762. The van der Waals surface area contributed by atoms with Gasteiger partial charge in [0.2, 0.25) is 0 Å². The van der Waals surface area contributed by atoms with Gasteiger partial charge in [0, 0.05) is 19.3 Å². The fraction of sp³-hybridized carbons (Fsp3) is 1.00. The SMILES string of the molecule is CO[Si](OC)C1(C)CCC(C)C1(C)C. The Balaban J connectivity index is 2.93. The van der Waals surface area contributed by atoms with Gasteiger partial charge >= 0.3 is 9.28 Å². The molecule has 1 aliphatic rings. The third-order valence-corrected chi connectivity index (χ3v) is 7.09. The average molecular weight is 215 g/mol. The topological polar surface area (TPSA) is 18.5 Å². The van der Waals surface area contributed by atoms with Crippen molar-refractivity contribution in [3.63, 3.8) is 0 Å². The molecule has 0 N–H and O–H groups in total. The molecule has 1 radical (unpaired) electrons. The molecule has 1 rings (SSSR count). The predicted octanol–water partition coefficient (Wildman–Crippen LogP) is 2.98. The highest BCUT2D eigenvalue weighted by molar-refractivity contribution is 6.48. The Morgan fingerprint density at radius 2 is 1.64 bits per heavy atom. The number of rotatable bonds is 3. The van der Waals surface area contributed by atoms with E-state index >= 15 is 0 Å². The third-order valence-electron chi connectivity index (χ3n) is 4.55. The lowest BCUT2D eigenvalue weighted by atomic mass is 9.76. The molecule has 0 bridgehead atoms. The Morgan fingerprint density at radius 1 is 1.14 bits per heavy atom. The highest BCUT2D eigenvalue weighted by atomic mass is 28.3. The van der Waals surface area contributed by atoms with Crippen molar-refractivity contribution >= 4 is 9.28 Å². The molecule has 2 unspecified atom stereocenters. The number of hydrogen-bond acceptors (Lipinski definition) is 2. The largest absolute Gasteiger partial charge is 0.396 e. The van der Waals surface area contributed by atoms with Crippen LogP contribution < -0.4 is 0 Å². The molecule has 1 fully saturated rings. The molecule has 0 amide bonds. The first-order chi connectivity index (χ1) is 6.40. The van der Waals surface area contributed by atoms with Crippen LogP contribution in [0.5, 0.6) is 0 Å². The van der Waals surface area contributed by atoms with E-state index < -0.39 is 9.28 Å². The molecule has 1 aliphatic carbocycles. The van der Waals surface area contributed by atoms with E-state index in [1.807, 2.05) is 0 Å². The fourth-order valence-corrected chi connectivity index (χ4v) is 4.82. The Kier molecular flexibility index (Phi) is 3.44. The molecule has 0 heterocycles. The van der Waals surface area contributed by atoms with Gasteiger partial charge in [0.15, 0.2) is 0 Å². The molecule has 0 aromatic rings. The molecular formula is C11H23O2Si. The van der Waals surface area contributed by atoms with Gasteiger partial charge in [0.1, 0.15) is 0 Å². The van der Waals surface area contributed by atoms with Crippen LogP contribution in [0.15, 0.2) is 0 Å². The van der Waals surface area contributed by atoms with Crippen LogP contribution in [0.1, 0.15) is 40.5 Å². The van der Waals surface area contributed by atoms with Gasteiger partial charge in [-0.25, -0.2) is 0 Å². The van der Waals surface area contributed by atoms with Crippen molar-refractivity contribution in [3.8, 4) is 0 Å². The van der Waals surface area contributed by atoms with E-state index in [-0.39, 0.29) is 5.04 Å². The van der Waals surface area contributed by atoms with Crippen molar-refractivity contribution in [3.05, 3.63) is 0 Å². The Labute approximate surface area is 89.8 Å². The van der Waals surface area contributed by atoms with Crippen LogP contribution in [0, 0.1) is 11.3 Å². The van der Waals surface area contributed by atoms with Crippen LogP contribution in [0.2, 0.25) is 5.04 Å². The summed E-state index contributed by atoms with van der Waals surface area (Å²) in [5, 5.41) is 0.237. The molecule has 0 aliphatic heterocycles. The predicted molar refractivity (Wildman–Crippen MR) is 60.3 cm³/mol. The zero-order chi connectivity index (χ0) is 11.0. The lowest BCUT2D eigenvalue weighted by Crippen LogP contribution is -2.43. The Hall–Kier alpha value is 0.137. The maximum atomic E-state index is 5.55. The Morgan fingerprint density at radius 3 is 1.93 bits per heavy atom. The minimum atomic E-state index is -1.14. The summed E-state index contributed by atoms with van der Waals surface area (Å²) in [6.45, 7) is 9.38. The van der Waals surface area contributed by atoms with Crippen LogP contribution in [0.4, 0.5) is 0 Å². The molecule has 1 saturated carbocycles.